The van der Waals surface area contributed by atoms with Crippen LogP contribution in [0.25, 0.3) is 0 Å². The monoisotopic (exact) mass is 345 g/mol. The van der Waals surface area contributed by atoms with Gasteiger partial charge in [0.05, 0.1) is 5.92 Å². The van der Waals surface area contributed by atoms with Crippen molar-refractivity contribution in [3.8, 4) is 0 Å². The molecule has 5 nitrogen and oxygen atoms in total. The lowest BCUT2D eigenvalue weighted by atomic mass is 9.62. The third kappa shape index (κ3) is 2.60. The molecule has 1 N–H and O–H groups in total. The highest BCUT2D eigenvalue weighted by molar-refractivity contribution is 5.89. The second-order valence-electron chi connectivity index (χ2n) is 8.60. The van der Waals surface area contributed by atoms with Gasteiger partial charge in [-0.1, -0.05) is 51.1 Å². The van der Waals surface area contributed by atoms with Gasteiger partial charge in [0.15, 0.2) is 5.78 Å². The number of nitro groups is 1. The van der Waals surface area contributed by atoms with Gasteiger partial charge in [0, 0.05) is 16.8 Å². The van der Waals surface area contributed by atoms with Gasteiger partial charge in [0.2, 0.25) is 6.54 Å². The molecule has 0 spiro atoms. The summed E-state index contributed by atoms with van der Waals surface area (Å²) < 4.78 is 0. The van der Waals surface area contributed by atoms with E-state index in [-0.39, 0.29) is 29.1 Å². The topological polar surface area (TPSA) is 80.4 Å². The fourth-order valence-electron chi connectivity index (χ4n) is 5.28. The second kappa shape index (κ2) is 5.90. The molecule has 0 heterocycles. The van der Waals surface area contributed by atoms with Crippen molar-refractivity contribution >= 4 is 5.78 Å². The van der Waals surface area contributed by atoms with Crippen LogP contribution in [0.5, 0.6) is 0 Å². The highest BCUT2D eigenvalue weighted by Gasteiger charge is 2.70. The molecule has 0 amide bonds. The Morgan fingerprint density at radius 2 is 1.96 bits per heavy atom. The lowest BCUT2D eigenvalue weighted by molar-refractivity contribution is -0.483. The zero-order valence-corrected chi connectivity index (χ0v) is 15.2. The Balaban J connectivity index is 1.86. The molecule has 0 aromatic heterocycles. The second-order valence-corrected chi connectivity index (χ2v) is 8.60. The molecule has 2 aliphatic rings. The van der Waals surface area contributed by atoms with Crippen molar-refractivity contribution in [1.82, 2.24) is 0 Å². The van der Waals surface area contributed by atoms with Crippen molar-refractivity contribution in [3.63, 3.8) is 0 Å². The van der Waals surface area contributed by atoms with Crippen LogP contribution >= 0.6 is 0 Å². The van der Waals surface area contributed by atoms with Gasteiger partial charge in [0.1, 0.15) is 5.60 Å². The van der Waals surface area contributed by atoms with Gasteiger partial charge in [-0.2, -0.15) is 0 Å². The van der Waals surface area contributed by atoms with Crippen molar-refractivity contribution in [1.29, 1.82) is 0 Å². The molecule has 4 atom stereocenters. The van der Waals surface area contributed by atoms with E-state index in [1.54, 1.807) is 0 Å². The molecule has 0 radical (unpaired) electrons. The third-order valence-corrected chi connectivity index (χ3v) is 7.42. The number of hydrogen-bond donors (Lipinski definition) is 1. The molecular formula is C20H27NO4. The Kier molecular flexibility index (Phi) is 4.26. The zero-order valence-electron chi connectivity index (χ0n) is 15.2. The molecule has 136 valence electrons. The fraction of sp³-hybridized carbons (Fsp3) is 0.650. The van der Waals surface area contributed by atoms with E-state index in [4.69, 9.17) is 0 Å². The molecule has 5 heteroatoms. The van der Waals surface area contributed by atoms with Crippen molar-refractivity contribution in [2.45, 2.75) is 58.0 Å². The molecule has 1 aromatic rings. The van der Waals surface area contributed by atoms with E-state index >= 15 is 0 Å². The van der Waals surface area contributed by atoms with Gasteiger partial charge in [-0.3, -0.25) is 14.9 Å². The summed E-state index contributed by atoms with van der Waals surface area (Å²) >= 11 is 0. The molecule has 0 aliphatic heterocycles. The quantitative estimate of drug-likeness (QED) is 0.631. The maximum absolute atomic E-state index is 13.1. The van der Waals surface area contributed by atoms with Crippen LogP contribution in [-0.4, -0.2) is 28.0 Å². The van der Waals surface area contributed by atoms with Gasteiger partial charge in [-0.15, -0.1) is 0 Å². The van der Waals surface area contributed by atoms with Crippen LogP contribution in [0.2, 0.25) is 0 Å². The van der Waals surface area contributed by atoms with Gasteiger partial charge in [0.25, 0.3) is 0 Å². The number of rotatable bonds is 6. The number of carbonyl (C=O) groups is 1. The van der Waals surface area contributed by atoms with Gasteiger partial charge >= 0.3 is 0 Å². The first-order valence-corrected chi connectivity index (χ1v) is 9.04. The number of fused-ring (bicyclic) bond motifs is 2. The molecule has 3 rings (SSSR count). The highest BCUT2D eigenvalue weighted by atomic mass is 16.6. The van der Waals surface area contributed by atoms with Gasteiger partial charge in [-0.05, 0) is 36.2 Å². The summed E-state index contributed by atoms with van der Waals surface area (Å²) in [7, 11) is 0. The molecule has 0 saturated heterocycles. The molecule has 2 aliphatic carbocycles. The summed E-state index contributed by atoms with van der Waals surface area (Å²) in [4.78, 5) is 23.9. The molecule has 2 bridgehead atoms. The summed E-state index contributed by atoms with van der Waals surface area (Å²) in [5.74, 6) is -0.406. The van der Waals surface area contributed by atoms with Gasteiger partial charge < -0.3 is 5.11 Å². The van der Waals surface area contributed by atoms with E-state index in [0.29, 0.717) is 12.3 Å². The number of carbonyl (C=O) groups excluding carboxylic acids is 1. The Labute approximate surface area is 148 Å². The molecule has 2 saturated carbocycles. The first-order valence-electron chi connectivity index (χ1n) is 9.04. The lowest BCUT2D eigenvalue weighted by Gasteiger charge is -2.44. The largest absolute Gasteiger partial charge is 0.381 e. The highest BCUT2D eigenvalue weighted by Crippen LogP contribution is 2.70. The van der Waals surface area contributed by atoms with Gasteiger partial charge in [-0.25, -0.2) is 0 Å². The van der Waals surface area contributed by atoms with Crippen LogP contribution in [0.15, 0.2) is 30.3 Å². The normalized spacial score (nSPS) is 34.0. The van der Waals surface area contributed by atoms with Crippen molar-refractivity contribution in [3.05, 3.63) is 46.0 Å². The number of aliphatic hydroxyl groups is 1. The lowest BCUT2D eigenvalue weighted by Crippen LogP contribution is -2.53. The Morgan fingerprint density at radius 1 is 1.32 bits per heavy atom. The predicted molar refractivity (Wildman–Crippen MR) is 94.8 cm³/mol. The Morgan fingerprint density at radius 3 is 2.44 bits per heavy atom. The summed E-state index contributed by atoms with van der Waals surface area (Å²) in [5, 5.41) is 22.4. The van der Waals surface area contributed by atoms with Crippen LogP contribution in [0.4, 0.5) is 0 Å². The summed E-state index contributed by atoms with van der Waals surface area (Å²) in [5.41, 5.74) is -1.15. The van der Waals surface area contributed by atoms with Crippen LogP contribution in [-0.2, 0) is 4.79 Å². The smallest absolute Gasteiger partial charge is 0.211 e. The summed E-state index contributed by atoms with van der Waals surface area (Å²) in [6.45, 7) is 6.00. The third-order valence-electron chi connectivity index (χ3n) is 7.42. The minimum Gasteiger partial charge on any atom is -0.381 e. The van der Waals surface area contributed by atoms with E-state index in [9.17, 15) is 20.0 Å². The molecule has 1 aromatic carbocycles. The number of nitrogens with zero attached hydrogens (tertiary/aromatic N) is 1. The molecule has 0 unspecified atom stereocenters. The molecule has 2 fully saturated rings. The van der Waals surface area contributed by atoms with Crippen LogP contribution in [0, 0.1) is 26.9 Å². The zero-order chi connectivity index (χ0) is 18.5. The minimum absolute atomic E-state index is 0.0138. The average molecular weight is 345 g/mol. The number of benzene rings is 1. The van der Waals surface area contributed by atoms with E-state index in [0.717, 1.165) is 18.4 Å². The standard InChI is InChI=1S/C20H27NO4/c1-18(2)16-9-10-19(18,3)20(23,12-16)17(22)11-15(13-21(24)25)14-7-5-4-6-8-14/h4-8,15-16,23H,9-13H2,1-3H3/t15-,16-,19-,20+/m1/s1. The number of ketones is 1. The van der Waals surface area contributed by atoms with Crippen molar-refractivity contribution in [2.24, 2.45) is 16.7 Å². The minimum atomic E-state index is -1.37. The van der Waals surface area contributed by atoms with E-state index < -0.39 is 16.9 Å². The van der Waals surface area contributed by atoms with E-state index in [2.05, 4.69) is 13.8 Å². The number of Topliss-reactive ketones (excluding diaryl/α,β-unsaturated/α-hetero) is 1. The first-order chi connectivity index (χ1) is 11.6. The summed E-state index contributed by atoms with van der Waals surface area (Å²) in [6.07, 6.45) is 2.36. The average Bonchev–Trinajstić information content (AvgIpc) is 2.87. The maximum Gasteiger partial charge on any atom is 0.211 e. The number of hydrogen-bond acceptors (Lipinski definition) is 4. The molecule has 25 heavy (non-hydrogen) atoms. The van der Waals surface area contributed by atoms with Crippen molar-refractivity contribution in [2.75, 3.05) is 6.54 Å². The summed E-state index contributed by atoms with van der Waals surface area (Å²) in [6, 6.07) is 9.13. The van der Waals surface area contributed by atoms with Crippen LogP contribution in [0.1, 0.15) is 57.9 Å². The Bertz CT molecular complexity index is 686. The maximum atomic E-state index is 13.1. The van der Waals surface area contributed by atoms with Crippen molar-refractivity contribution < 1.29 is 14.8 Å². The van der Waals surface area contributed by atoms with Crippen LogP contribution < -0.4 is 0 Å². The SMILES string of the molecule is CC1(C)[C@@H]2CC[C@@]1(C)[C@@](O)(C(=O)C[C@H](C[N+](=O)[O-])c1ccccc1)C2. The Hall–Kier alpha value is -1.75. The van der Waals surface area contributed by atoms with E-state index in [1.165, 1.54) is 0 Å². The first kappa shape index (κ1) is 18.1. The van der Waals surface area contributed by atoms with E-state index in [1.807, 2.05) is 37.3 Å². The molecular weight excluding hydrogens is 318 g/mol. The van der Waals surface area contributed by atoms with Crippen LogP contribution in [0.3, 0.4) is 0 Å². The fourth-order valence-corrected chi connectivity index (χ4v) is 5.28. The predicted octanol–water partition coefficient (Wildman–Crippen LogP) is 3.58.